The van der Waals surface area contributed by atoms with Crippen molar-refractivity contribution < 1.29 is 14.3 Å². The maximum absolute atomic E-state index is 12.3. The number of hydrogen-bond donors (Lipinski definition) is 1. The van der Waals surface area contributed by atoms with Crippen LogP contribution in [0.15, 0.2) is 48.5 Å². The standard InChI is InChI=1S/C22H29NO3/c1-4-7-18-10-12-19(13-11-18)25-15-14-23-22(24)21(5-2)26-20-9-6-8-17(3)16-20/h6,8-13,16,21H,4-5,7,14-15H2,1-3H3,(H,23,24). The van der Waals surface area contributed by atoms with E-state index < -0.39 is 6.10 Å². The summed E-state index contributed by atoms with van der Waals surface area (Å²) in [7, 11) is 0. The summed E-state index contributed by atoms with van der Waals surface area (Å²) in [6, 6.07) is 15.8. The van der Waals surface area contributed by atoms with Crippen LogP contribution >= 0.6 is 0 Å². The Morgan fingerprint density at radius 2 is 1.85 bits per heavy atom. The van der Waals surface area contributed by atoms with Crippen LogP contribution in [0.5, 0.6) is 11.5 Å². The fraction of sp³-hybridized carbons (Fsp3) is 0.409. The molecule has 0 spiro atoms. The topological polar surface area (TPSA) is 47.6 Å². The summed E-state index contributed by atoms with van der Waals surface area (Å²) in [4.78, 5) is 12.3. The van der Waals surface area contributed by atoms with Crippen molar-refractivity contribution in [2.45, 2.75) is 46.1 Å². The van der Waals surface area contributed by atoms with Crippen LogP contribution in [-0.2, 0) is 11.2 Å². The fourth-order valence-corrected chi connectivity index (χ4v) is 2.67. The highest BCUT2D eigenvalue weighted by Crippen LogP contribution is 2.16. The molecular formula is C22H29NO3. The van der Waals surface area contributed by atoms with E-state index in [1.807, 2.05) is 50.2 Å². The zero-order valence-corrected chi connectivity index (χ0v) is 16.0. The van der Waals surface area contributed by atoms with Crippen LogP contribution < -0.4 is 14.8 Å². The summed E-state index contributed by atoms with van der Waals surface area (Å²) in [5.74, 6) is 1.42. The number of carbonyl (C=O) groups excluding carboxylic acids is 1. The average Bonchev–Trinajstić information content (AvgIpc) is 2.64. The molecule has 0 aliphatic rings. The van der Waals surface area contributed by atoms with Crippen molar-refractivity contribution in [3.8, 4) is 11.5 Å². The number of ether oxygens (including phenoxy) is 2. The Hall–Kier alpha value is -2.49. The molecule has 1 atom stereocenters. The normalized spacial score (nSPS) is 11.7. The average molecular weight is 355 g/mol. The Balaban J connectivity index is 1.74. The number of rotatable bonds is 10. The van der Waals surface area contributed by atoms with Gasteiger partial charge in [0.15, 0.2) is 6.10 Å². The zero-order chi connectivity index (χ0) is 18.8. The molecule has 0 heterocycles. The first-order valence-electron chi connectivity index (χ1n) is 9.35. The number of carbonyl (C=O) groups is 1. The molecule has 0 radical (unpaired) electrons. The van der Waals surface area contributed by atoms with Crippen LogP contribution in [0.1, 0.15) is 37.8 Å². The predicted molar refractivity (Wildman–Crippen MR) is 105 cm³/mol. The molecule has 0 bridgehead atoms. The van der Waals surface area contributed by atoms with Gasteiger partial charge < -0.3 is 14.8 Å². The molecule has 4 heteroatoms. The van der Waals surface area contributed by atoms with Crippen LogP contribution in [-0.4, -0.2) is 25.2 Å². The van der Waals surface area contributed by atoms with Gasteiger partial charge in [0.25, 0.3) is 5.91 Å². The Bertz CT molecular complexity index is 682. The van der Waals surface area contributed by atoms with Crippen LogP contribution in [0.3, 0.4) is 0 Å². The van der Waals surface area contributed by atoms with Gasteiger partial charge in [-0.25, -0.2) is 0 Å². The first kappa shape index (κ1) is 19.8. The first-order chi connectivity index (χ1) is 12.6. The molecule has 4 nitrogen and oxygen atoms in total. The summed E-state index contributed by atoms with van der Waals surface area (Å²) >= 11 is 0. The molecule has 26 heavy (non-hydrogen) atoms. The summed E-state index contributed by atoms with van der Waals surface area (Å²) in [5, 5.41) is 2.88. The van der Waals surface area contributed by atoms with E-state index in [9.17, 15) is 4.79 Å². The molecular weight excluding hydrogens is 326 g/mol. The van der Waals surface area contributed by atoms with Crippen molar-refractivity contribution in [2.75, 3.05) is 13.2 Å². The number of amides is 1. The number of benzene rings is 2. The van der Waals surface area contributed by atoms with E-state index in [1.165, 1.54) is 5.56 Å². The highest BCUT2D eigenvalue weighted by atomic mass is 16.5. The maximum Gasteiger partial charge on any atom is 0.261 e. The Kier molecular flexibility index (Phi) is 8.00. The summed E-state index contributed by atoms with van der Waals surface area (Å²) in [5.41, 5.74) is 2.42. The van der Waals surface area contributed by atoms with E-state index >= 15 is 0 Å². The Morgan fingerprint density at radius 3 is 2.50 bits per heavy atom. The molecule has 0 fully saturated rings. The van der Waals surface area contributed by atoms with E-state index in [2.05, 4.69) is 24.4 Å². The zero-order valence-electron chi connectivity index (χ0n) is 16.0. The van der Waals surface area contributed by atoms with Crippen molar-refractivity contribution in [1.82, 2.24) is 5.32 Å². The minimum absolute atomic E-state index is 0.115. The van der Waals surface area contributed by atoms with Gasteiger partial charge >= 0.3 is 0 Å². The SMILES string of the molecule is CCCc1ccc(OCCNC(=O)C(CC)Oc2cccc(C)c2)cc1. The first-order valence-corrected chi connectivity index (χ1v) is 9.35. The largest absolute Gasteiger partial charge is 0.492 e. The second-order valence-corrected chi connectivity index (χ2v) is 6.36. The molecule has 1 unspecified atom stereocenters. The van der Waals surface area contributed by atoms with Gasteiger partial charge in [0.05, 0.1) is 6.54 Å². The van der Waals surface area contributed by atoms with Crippen molar-refractivity contribution in [3.63, 3.8) is 0 Å². The number of hydrogen-bond acceptors (Lipinski definition) is 3. The molecule has 2 aromatic rings. The third kappa shape index (κ3) is 6.43. The third-order valence-electron chi connectivity index (χ3n) is 4.06. The van der Waals surface area contributed by atoms with Gasteiger partial charge in [0.2, 0.25) is 0 Å². The minimum Gasteiger partial charge on any atom is -0.492 e. The fourth-order valence-electron chi connectivity index (χ4n) is 2.67. The Labute approximate surface area is 156 Å². The van der Waals surface area contributed by atoms with E-state index in [1.54, 1.807) is 0 Å². The van der Waals surface area contributed by atoms with Gasteiger partial charge in [0, 0.05) is 0 Å². The van der Waals surface area contributed by atoms with Crippen molar-refractivity contribution in [3.05, 3.63) is 59.7 Å². The highest BCUT2D eigenvalue weighted by molar-refractivity contribution is 5.81. The smallest absolute Gasteiger partial charge is 0.261 e. The molecule has 2 rings (SSSR count). The van der Waals surface area contributed by atoms with Gasteiger partial charge in [-0.05, 0) is 55.2 Å². The monoisotopic (exact) mass is 355 g/mol. The molecule has 0 aliphatic carbocycles. The minimum atomic E-state index is -0.495. The lowest BCUT2D eigenvalue weighted by Crippen LogP contribution is -2.39. The van der Waals surface area contributed by atoms with Gasteiger partial charge in [-0.2, -0.15) is 0 Å². The lowest BCUT2D eigenvalue weighted by molar-refractivity contribution is -0.128. The van der Waals surface area contributed by atoms with Crippen LogP contribution in [0, 0.1) is 6.92 Å². The summed E-state index contributed by atoms with van der Waals surface area (Å²) in [6.45, 7) is 6.98. The predicted octanol–water partition coefficient (Wildman–Crippen LogP) is 4.30. The molecule has 2 aromatic carbocycles. The molecule has 0 aromatic heterocycles. The molecule has 140 valence electrons. The highest BCUT2D eigenvalue weighted by Gasteiger charge is 2.17. The van der Waals surface area contributed by atoms with Gasteiger partial charge in [0.1, 0.15) is 18.1 Å². The number of aryl methyl sites for hydroxylation is 2. The molecule has 0 saturated heterocycles. The van der Waals surface area contributed by atoms with Gasteiger partial charge in [-0.3, -0.25) is 4.79 Å². The summed E-state index contributed by atoms with van der Waals surface area (Å²) in [6.07, 6.45) is 2.33. The third-order valence-corrected chi connectivity index (χ3v) is 4.06. The quantitative estimate of drug-likeness (QED) is 0.647. The van der Waals surface area contributed by atoms with Crippen LogP contribution in [0.2, 0.25) is 0 Å². The van der Waals surface area contributed by atoms with Crippen molar-refractivity contribution >= 4 is 5.91 Å². The molecule has 0 aliphatic heterocycles. The van der Waals surface area contributed by atoms with Crippen LogP contribution in [0.25, 0.3) is 0 Å². The number of nitrogens with one attached hydrogen (secondary N) is 1. The molecule has 1 N–H and O–H groups in total. The van der Waals surface area contributed by atoms with E-state index in [0.29, 0.717) is 19.6 Å². The lowest BCUT2D eigenvalue weighted by Gasteiger charge is -2.17. The second-order valence-electron chi connectivity index (χ2n) is 6.36. The molecule has 1 amide bonds. The van der Waals surface area contributed by atoms with E-state index in [4.69, 9.17) is 9.47 Å². The van der Waals surface area contributed by atoms with Crippen molar-refractivity contribution in [1.29, 1.82) is 0 Å². The molecule has 0 saturated carbocycles. The summed E-state index contributed by atoms with van der Waals surface area (Å²) < 4.78 is 11.5. The Morgan fingerprint density at radius 1 is 1.08 bits per heavy atom. The van der Waals surface area contributed by atoms with Gasteiger partial charge in [-0.1, -0.05) is 44.5 Å². The van der Waals surface area contributed by atoms with Gasteiger partial charge in [-0.15, -0.1) is 0 Å². The van der Waals surface area contributed by atoms with Crippen molar-refractivity contribution in [2.24, 2.45) is 0 Å². The van der Waals surface area contributed by atoms with Crippen LogP contribution in [0.4, 0.5) is 0 Å². The van der Waals surface area contributed by atoms with E-state index in [0.717, 1.165) is 29.9 Å². The maximum atomic E-state index is 12.3. The second kappa shape index (κ2) is 10.5. The lowest BCUT2D eigenvalue weighted by atomic mass is 10.1. The van der Waals surface area contributed by atoms with E-state index in [-0.39, 0.29) is 5.91 Å².